The van der Waals surface area contributed by atoms with Crippen LogP contribution in [-0.2, 0) is 0 Å². The Morgan fingerprint density at radius 1 is 0.714 bits per heavy atom. The first-order valence-corrected chi connectivity index (χ1v) is 13.3. The molecular weight excluding hydrogens is 432 g/mol. The van der Waals surface area contributed by atoms with Gasteiger partial charge in [-0.3, -0.25) is 0 Å². The van der Waals surface area contributed by atoms with E-state index in [-0.39, 0.29) is 0 Å². The summed E-state index contributed by atoms with van der Waals surface area (Å²) in [5.41, 5.74) is 4.94. The maximum absolute atomic E-state index is 5.26. The number of rotatable bonds is 5. The highest BCUT2D eigenvalue weighted by atomic mass is 16.5. The summed E-state index contributed by atoms with van der Waals surface area (Å²) in [6, 6.07) is 21.9. The number of methoxy groups -OCH3 is 1. The highest BCUT2D eigenvalue weighted by molar-refractivity contribution is 5.69. The molecule has 0 amide bonds. The zero-order valence-corrected chi connectivity index (χ0v) is 20.8. The van der Waals surface area contributed by atoms with Gasteiger partial charge in [0, 0.05) is 24.7 Å². The molecule has 1 aromatic heterocycles. The summed E-state index contributed by atoms with van der Waals surface area (Å²) in [5, 5.41) is 9.20. The van der Waals surface area contributed by atoms with Crippen molar-refractivity contribution in [2.24, 2.45) is 5.41 Å². The van der Waals surface area contributed by atoms with E-state index in [1.165, 1.54) is 69.2 Å². The molecule has 0 radical (unpaired) electrons. The fourth-order valence-electron chi connectivity index (χ4n) is 6.09. The first kappa shape index (κ1) is 22.5. The van der Waals surface area contributed by atoms with Crippen molar-refractivity contribution in [2.45, 2.75) is 51.0 Å². The average Bonchev–Trinajstić information content (AvgIpc) is 2.90. The van der Waals surface area contributed by atoms with Gasteiger partial charge in [0.05, 0.1) is 12.8 Å². The summed E-state index contributed by atoms with van der Waals surface area (Å²) in [4.78, 5) is 5.21. The van der Waals surface area contributed by atoms with Crippen molar-refractivity contribution >= 4 is 5.82 Å². The minimum absolute atomic E-state index is 0.565. The Bertz CT molecular complexity index is 1100. The number of hydrogen-bond donors (Lipinski definition) is 0. The lowest BCUT2D eigenvalue weighted by molar-refractivity contribution is 0.0305. The van der Waals surface area contributed by atoms with Crippen LogP contribution in [0.5, 0.6) is 5.75 Å². The van der Waals surface area contributed by atoms with Crippen LogP contribution in [0.1, 0.15) is 44.9 Å². The van der Waals surface area contributed by atoms with Gasteiger partial charge in [0.25, 0.3) is 0 Å². The smallest absolute Gasteiger partial charge is 0.151 e. The van der Waals surface area contributed by atoms with E-state index in [1.807, 2.05) is 12.1 Å². The van der Waals surface area contributed by atoms with Crippen LogP contribution >= 0.6 is 0 Å². The van der Waals surface area contributed by atoms with E-state index >= 15 is 0 Å². The molecule has 0 bridgehead atoms. The highest BCUT2D eigenvalue weighted by Crippen LogP contribution is 2.43. The van der Waals surface area contributed by atoms with Crippen LogP contribution in [0.4, 0.5) is 5.82 Å². The summed E-state index contributed by atoms with van der Waals surface area (Å²) in [6.07, 6.45) is 9.66. The fourth-order valence-corrected chi connectivity index (χ4v) is 6.09. The van der Waals surface area contributed by atoms with Gasteiger partial charge in [-0.2, -0.15) is 0 Å². The summed E-state index contributed by atoms with van der Waals surface area (Å²) in [5.74, 6) is 1.89. The van der Waals surface area contributed by atoms with Crippen LogP contribution in [-0.4, -0.2) is 54.4 Å². The fraction of sp³-hybridized carbons (Fsp3) is 0.467. The quantitative estimate of drug-likeness (QED) is 0.456. The summed E-state index contributed by atoms with van der Waals surface area (Å²) >= 11 is 0. The number of likely N-dealkylation sites (tertiary alicyclic amines) is 1. The zero-order chi connectivity index (χ0) is 23.7. The molecule has 1 spiro atoms. The molecule has 5 heteroatoms. The Morgan fingerprint density at radius 3 is 1.86 bits per heavy atom. The summed E-state index contributed by atoms with van der Waals surface area (Å²) < 4.78 is 5.26. The molecule has 2 saturated heterocycles. The van der Waals surface area contributed by atoms with Crippen molar-refractivity contribution in [3.63, 3.8) is 0 Å². The molecule has 3 aromatic rings. The zero-order valence-electron chi connectivity index (χ0n) is 20.8. The number of benzene rings is 2. The van der Waals surface area contributed by atoms with E-state index in [2.05, 4.69) is 68.5 Å². The van der Waals surface area contributed by atoms with Gasteiger partial charge in [-0.1, -0.05) is 42.8 Å². The van der Waals surface area contributed by atoms with E-state index in [4.69, 9.17) is 4.74 Å². The molecule has 1 aliphatic carbocycles. The van der Waals surface area contributed by atoms with Gasteiger partial charge in [-0.05, 0) is 92.4 Å². The molecule has 6 rings (SSSR count). The van der Waals surface area contributed by atoms with Crippen molar-refractivity contribution in [1.29, 1.82) is 0 Å². The minimum atomic E-state index is 0.565. The van der Waals surface area contributed by atoms with Crippen LogP contribution in [0.3, 0.4) is 0 Å². The Kier molecular flexibility index (Phi) is 6.19. The first-order valence-electron chi connectivity index (χ1n) is 13.3. The topological polar surface area (TPSA) is 41.5 Å². The number of piperidine rings is 2. The number of aromatic nitrogens is 2. The molecule has 2 aromatic carbocycles. The minimum Gasteiger partial charge on any atom is -0.497 e. The van der Waals surface area contributed by atoms with Crippen molar-refractivity contribution in [3.05, 3.63) is 60.7 Å². The van der Waals surface area contributed by atoms with E-state index < -0.39 is 0 Å². The second-order valence-electron chi connectivity index (χ2n) is 10.7. The van der Waals surface area contributed by atoms with Crippen LogP contribution in [0.15, 0.2) is 60.7 Å². The van der Waals surface area contributed by atoms with Gasteiger partial charge >= 0.3 is 0 Å². The van der Waals surface area contributed by atoms with E-state index in [1.54, 1.807) is 7.11 Å². The van der Waals surface area contributed by atoms with Crippen molar-refractivity contribution < 1.29 is 4.74 Å². The molecular formula is C30H36N4O. The number of hydrogen-bond acceptors (Lipinski definition) is 5. The predicted molar refractivity (Wildman–Crippen MR) is 142 cm³/mol. The Balaban J connectivity index is 1.06. The van der Waals surface area contributed by atoms with Gasteiger partial charge in [-0.15, -0.1) is 10.2 Å². The first-order chi connectivity index (χ1) is 17.2. The average molecular weight is 469 g/mol. The van der Waals surface area contributed by atoms with E-state index in [0.29, 0.717) is 5.41 Å². The molecule has 182 valence electrons. The SMILES string of the molecule is COc1ccc(-c2ccc(-c3ccc(N4CCC5(CC4)CCN(C4CCC4)CC5)nn3)cc2)cc1. The molecule has 0 unspecified atom stereocenters. The van der Waals surface area contributed by atoms with E-state index in [0.717, 1.165) is 42.0 Å². The third kappa shape index (κ3) is 4.66. The van der Waals surface area contributed by atoms with Crippen molar-refractivity contribution in [3.8, 4) is 28.1 Å². The lowest BCUT2D eigenvalue weighted by Gasteiger charge is -2.50. The maximum atomic E-state index is 5.26. The molecule has 1 saturated carbocycles. The van der Waals surface area contributed by atoms with Gasteiger partial charge < -0.3 is 14.5 Å². The van der Waals surface area contributed by atoms with Crippen molar-refractivity contribution in [2.75, 3.05) is 38.2 Å². The molecule has 2 aliphatic heterocycles. The molecule has 35 heavy (non-hydrogen) atoms. The normalized spacial score (nSPS) is 20.5. The molecule has 3 aliphatic rings. The van der Waals surface area contributed by atoms with Crippen LogP contribution in [0.25, 0.3) is 22.4 Å². The molecule has 3 fully saturated rings. The number of anilines is 1. The molecule has 3 heterocycles. The van der Waals surface area contributed by atoms with Crippen molar-refractivity contribution in [1.82, 2.24) is 15.1 Å². The van der Waals surface area contributed by atoms with Gasteiger partial charge in [0.1, 0.15) is 5.75 Å². The Labute approximate surface area is 209 Å². The highest BCUT2D eigenvalue weighted by Gasteiger charge is 2.39. The van der Waals surface area contributed by atoms with Gasteiger partial charge in [0.2, 0.25) is 0 Å². The lowest BCUT2D eigenvalue weighted by Crippen LogP contribution is -2.51. The summed E-state index contributed by atoms with van der Waals surface area (Å²) in [7, 11) is 1.69. The Hall–Kier alpha value is -2.92. The lowest BCUT2D eigenvalue weighted by atomic mass is 9.70. The summed E-state index contributed by atoms with van der Waals surface area (Å²) in [6.45, 7) is 4.84. The Morgan fingerprint density at radius 2 is 1.31 bits per heavy atom. The standard InChI is InChI=1S/C30H36N4O/c1-35-27-11-9-24(10-12-27)23-5-7-25(8-6-23)28-13-14-29(32-31-28)34-21-17-30(18-22-34)15-19-33(20-16-30)26-3-2-4-26/h5-14,26H,2-4,15-22H2,1H3. The molecule has 0 atom stereocenters. The number of ether oxygens (including phenoxy) is 1. The third-order valence-electron chi connectivity index (χ3n) is 8.85. The second-order valence-corrected chi connectivity index (χ2v) is 10.7. The molecule has 5 nitrogen and oxygen atoms in total. The predicted octanol–water partition coefficient (Wildman–Crippen LogP) is 6.05. The second kappa shape index (κ2) is 9.62. The van der Waals surface area contributed by atoms with Crippen LogP contribution < -0.4 is 9.64 Å². The monoisotopic (exact) mass is 468 g/mol. The maximum Gasteiger partial charge on any atom is 0.151 e. The third-order valence-corrected chi connectivity index (χ3v) is 8.85. The van der Waals surface area contributed by atoms with Crippen LogP contribution in [0.2, 0.25) is 0 Å². The van der Waals surface area contributed by atoms with Crippen LogP contribution in [0, 0.1) is 5.41 Å². The number of nitrogens with zero attached hydrogens (tertiary/aromatic N) is 4. The van der Waals surface area contributed by atoms with Gasteiger partial charge in [0.15, 0.2) is 5.82 Å². The van der Waals surface area contributed by atoms with Gasteiger partial charge in [-0.25, -0.2) is 0 Å². The molecule has 0 N–H and O–H groups in total. The van der Waals surface area contributed by atoms with E-state index in [9.17, 15) is 0 Å². The largest absolute Gasteiger partial charge is 0.497 e.